The lowest BCUT2D eigenvalue weighted by atomic mass is 10.1. The number of para-hydroxylation sites is 1. The van der Waals surface area contributed by atoms with Gasteiger partial charge in [-0.3, -0.25) is 14.0 Å². The van der Waals surface area contributed by atoms with Crippen LogP contribution in [0.4, 0.5) is 5.69 Å². The van der Waals surface area contributed by atoms with Crippen LogP contribution in [-0.2, 0) is 22.6 Å². The molecule has 152 valence electrons. The van der Waals surface area contributed by atoms with Gasteiger partial charge in [0.05, 0.1) is 23.9 Å². The molecule has 1 fully saturated rings. The van der Waals surface area contributed by atoms with E-state index in [1.165, 1.54) is 4.88 Å². The summed E-state index contributed by atoms with van der Waals surface area (Å²) in [7, 11) is 1.81. The topological polar surface area (TPSA) is 57.9 Å². The second kappa shape index (κ2) is 7.63. The highest BCUT2D eigenvalue weighted by molar-refractivity contribution is 7.17. The van der Waals surface area contributed by atoms with E-state index in [2.05, 4.69) is 29.4 Å². The second-order valence-electron chi connectivity index (χ2n) is 7.72. The molecule has 3 heterocycles. The van der Waals surface area contributed by atoms with E-state index in [1.54, 1.807) is 21.1 Å². The van der Waals surface area contributed by atoms with Gasteiger partial charge in [-0.15, -0.1) is 11.3 Å². The van der Waals surface area contributed by atoms with Crippen molar-refractivity contribution in [1.82, 2.24) is 14.3 Å². The summed E-state index contributed by atoms with van der Waals surface area (Å²) in [6.45, 7) is 7.04. The van der Waals surface area contributed by atoms with Crippen molar-refractivity contribution in [1.29, 1.82) is 0 Å². The van der Waals surface area contributed by atoms with Crippen LogP contribution in [0.1, 0.15) is 35.2 Å². The molecule has 2 aromatic heterocycles. The van der Waals surface area contributed by atoms with Crippen molar-refractivity contribution in [3.05, 3.63) is 52.3 Å². The van der Waals surface area contributed by atoms with Gasteiger partial charge >= 0.3 is 0 Å². The van der Waals surface area contributed by atoms with Gasteiger partial charge in [-0.1, -0.05) is 25.1 Å². The number of carbonyl (C=O) groups is 2. The third-order valence-electron chi connectivity index (χ3n) is 5.64. The molecule has 7 heteroatoms. The van der Waals surface area contributed by atoms with Crippen molar-refractivity contribution in [2.45, 2.75) is 40.2 Å². The maximum absolute atomic E-state index is 13.1. The number of anilines is 1. The summed E-state index contributed by atoms with van der Waals surface area (Å²) in [5, 5.41) is 0. The molecule has 1 aliphatic heterocycles. The average Bonchev–Trinajstić information content (AvgIpc) is 3.34. The van der Waals surface area contributed by atoms with Gasteiger partial charge in [0.1, 0.15) is 0 Å². The van der Waals surface area contributed by atoms with Gasteiger partial charge in [0.15, 0.2) is 4.96 Å². The molecule has 1 unspecified atom stereocenters. The van der Waals surface area contributed by atoms with E-state index in [-0.39, 0.29) is 24.2 Å². The van der Waals surface area contributed by atoms with Crippen LogP contribution in [0.2, 0.25) is 0 Å². The third kappa shape index (κ3) is 3.55. The summed E-state index contributed by atoms with van der Waals surface area (Å²) >= 11 is 1.65. The highest BCUT2D eigenvalue weighted by Gasteiger charge is 2.37. The molecular weight excluding hydrogens is 384 g/mol. The van der Waals surface area contributed by atoms with E-state index in [1.807, 2.05) is 38.2 Å². The Morgan fingerprint density at radius 1 is 1.31 bits per heavy atom. The van der Waals surface area contributed by atoms with Crippen LogP contribution in [0, 0.1) is 19.8 Å². The number of carbonyl (C=O) groups excluding carboxylic acids is 2. The molecule has 0 aliphatic carbocycles. The quantitative estimate of drug-likeness (QED) is 0.646. The molecule has 0 N–H and O–H groups in total. The molecule has 2 amide bonds. The van der Waals surface area contributed by atoms with Gasteiger partial charge < -0.3 is 9.80 Å². The third-order valence-corrected chi connectivity index (χ3v) is 6.54. The lowest BCUT2D eigenvalue weighted by Crippen LogP contribution is -2.35. The minimum Gasteiger partial charge on any atom is -0.340 e. The number of fused-ring (bicyclic) bond motifs is 1. The maximum Gasteiger partial charge on any atom is 0.228 e. The monoisotopic (exact) mass is 410 g/mol. The number of rotatable bonds is 5. The number of amides is 2. The van der Waals surface area contributed by atoms with E-state index in [0.29, 0.717) is 13.1 Å². The number of benzene rings is 1. The van der Waals surface area contributed by atoms with Crippen molar-refractivity contribution < 1.29 is 9.59 Å². The summed E-state index contributed by atoms with van der Waals surface area (Å²) in [4.78, 5) is 36.1. The fourth-order valence-electron chi connectivity index (χ4n) is 4.09. The number of hydrogen-bond acceptors (Lipinski definition) is 4. The SMILES string of the molecule is CCc1ccccc1N1CC(C(=O)N(C)Cc2c(C)nc3sc(C)cn23)CC1=O. The first-order chi connectivity index (χ1) is 13.9. The smallest absolute Gasteiger partial charge is 0.228 e. The van der Waals surface area contributed by atoms with Gasteiger partial charge in [-0.2, -0.15) is 0 Å². The number of hydrogen-bond donors (Lipinski definition) is 0. The highest BCUT2D eigenvalue weighted by Crippen LogP contribution is 2.30. The Morgan fingerprint density at radius 2 is 2.07 bits per heavy atom. The van der Waals surface area contributed by atoms with Gasteiger partial charge in [-0.05, 0) is 31.9 Å². The van der Waals surface area contributed by atoms with Gasteiger partial charge in [0.2, 0.25) is 11.8 Å². The van der Waals surface area contributed by atoms with Gasteiger partial charge in [-0.25, -0.2) is 4.98 Å². The average molecular weight is 411 g/mol. The van der Waals surface area contributed by atoms with E-state index in [0.717, 1.165) is 34.0 Å². The van der Waals surface area contributed by atoms with E-state index < -0.39 is 0 Å². The number of aromatic nitrogens is 2. The zero-order valence-electron chi connectivity index (χ0n) is 17.3. The van der Waals surface area contributed by atoms with Crippen LogP contribution in [0.5, 0.6) is 0 Å². The molecular formula is C22H26N4O2S. The first-order valence-corrected chi connectivity index (χ1v) is 10.8. The van der Waals surface area contributed by atoms with E-state index in [4.69, 9.17) is 0 Å². The van der Waals surface area contributed by atoms with Crippen molar-refractivity contribution in [2.24, 2.45) is 5.92 Å². The Labute approximate surface area is 174 Å². The lowest BCUT2D eigenvalue weighted by molar-refractivity contribution is -0.135. The zero-order chi connectivity index (χ0) is 20.7. The normalized spacial score (nSPS) is 16.8. The van der Waals surface area contributed by atoms with Crippen molar-refractivity contribution in [2.75, 3.05) is 18.5 Å². The number of nitrogens with zero attached hydrogens (tertiary/aromatic N) is 4. The van der Waals surface area contributed by atoms with Crippen LogP contribution >= 0.6 is 11.3 Å². The molecule has 0 radical (unpaired) electrons. The molecule has 6 nitrogen and oxygen atoms in total. The molecule has 1 aliphatic rings. The van der Waals surface area contributed by atoms with Crippen LogP contribution in [0.3, 0.4) is 0 Å². The Balaban J connectivity index is 1.51. The van der Waals surface area contributed by atoms with Crippen LogP contribution in [0.25, 0.3) is 4.96 Å². The molecule has 1 saturated heterocycles. The Bertz CT molecular complexity index is 1080. The molecule has 29 heavy (non-hydrogen) atoms. The molecule has 1 aromatic carbocycles. The first-order valence-electron chi connectivity index (χ1n) is 9.96. The molecule has 0 spiro atoms. The standard InChI is InChI=1S/C22H26N4O2S/c1-5-16-8-6-7-9-18(16)25-12-17(10-20(25)27)21(28)24(4)13-19-15(3)23-22-26(19)11-14(2)29-22/h6-9,11,17H,5,10,12-13H2,1-4H3. The summed E-state index contributed by atoms with van der Waals surface area (Å²) in [6.07, 6.45) is 3.19. The van der Waals surface area contributed by atoms with Gasteiger partial charge in [0, 0.05) is 36.8 Å². The molecule has 4 rings (SSSR count). The zero-order valence-corrected chi connectivity index (χ0v) is 18.1. The van der Waals surface area contributed by atoms with Crippen LogP contribution in [0.15, 0.2) is 30.5 Å². The fraction of sp³-hybridized carbons (Fsp3) is 0.409. The molecule has 0 saturated carbocycles. The summed E-state index contributed by atoms with van der Waals surface area (Å²) < 4.78 is 2.07. The van der Waals surface area contributed by atoms with Gasteiger partial charge in [0.25, 0.3) is 0 Å². The fourth-order valence-corrected chi connectivity index (χ4v) is 4.98. The summed E-state index contributed by atoms with van der Waals surface area (Å²) in [6, 6.07) is 7.94. The number of aryl methyl sites for hydroxylation is 3. The molecule has 1 atom stereocenters. The summed E-state index contributed by atoms with van der Waals surface area (Å²) in [5.74, 6) is -0.282. The Hall–Kier alpha value is -2.67. The second-order valence-corrected chi connectivity index (χ2v) is 8.93. The van der Waals surface area contributed by atoms with Crippen molar-refractivity contribution in [3.8, 4) is 0 Å². The van der Waals surface area contributed by atoms with E-state index in [9.17, 15) is 9.59 Å². The predicted octanol–water partition coefficient (Wildman–Crippen LogP) is 3.59. The molecule has 0 bridgehead atoms. The van der Waals surface area contributed by atoms with Crippen molar-refractivity contribution in [3.63, 3.8) is 0 Å². The Kier molecular flexibility index (Phi) is 5.17. The minimum atomic E-state index is -0.314. The van der Waals surface area contributed by atoms with Crippen LogP contribution in [-0.4, -0.2) is 39.7 Å². The highest BCUT2D eigenvalue weighted by atomic mass is 32.1. The predicted molar refractivity (Wildman–Crippen MR) is 115 cm³/mol. The first kappa shape index (κ1) is 19.6. The number of imidazole rings is 1. The Morgan fingerprint density at radius 3 is 2.83 bits per heavy atom. The number of thiazole rings is 1. The summed E-state index contributed by atoms with van der Waals surface area (Å²) in [5.41, 5.74) is 4.03. The lowest BCUT2D eigenvalue weighted by Gasteiger charge is -2.22. The molecule has 3 aromatic rings. The largest absolute Gasteiger partial charge is 0.340 e. The minimum absolute atomic E-state index is 0.0103. The maximum atomic E-state index is 13.1. The van der Waals surface area contributed by atoms with E-state index >= 15 is 0 Å². The van der Waals surface area contributed by atoms with Crippen LogP contribution < -0.4 is 4.90 Å². The van der Waals surface area contributed by atoms with Crippen molar-refractivity contribution >= 4 is 33.8 Å².